The first-order chi connectivity index (χ1) is 18.0. The van der Waals surface area contributed by atoms with Crippen molar-refractivity contribution in [2.45, 2.75) is 6.18 Å². The SMILES string of the molecule is COc1cc(/C=C(\C#N)C(=O)Nc2cccc(C(F)(F)F)c2)cc(I)c1OCC(=O)Nc1ccc(Cl)cc1. The van der Waals surface area contributed by atoms with Crippen LogP contribution >= 0.6 is 34.2 Å². The van der Waals surface area contributed by atoms with Crippen molar-refractivity contribution in [3.05, 3.63) is 86.0 Å². The van der Waals surface area contributed by atoms with Crippen molar-refractivity contribution in [2.24, 2.45) is 0 Å². The Hall–Kier alpha value is -3.76. The molecule has 38 heavy (non-hydrogen) atoms. The van der Waals surface area contributed by atoms with Gasteiger partial charge in [0.15, 0.2) is 18.1 Å². The van der Waals surface area contributed by atoms with E-state index in [0.29, 0.717) is 19.8 Å². The first-order valence-corrected chi connectivity index (χ1v) is 12.1. The van der Waals surface area contributed by atoms with Crippen molar-refractivity contribution in [3.63, 3.8) is 0 Å². The number of carbonyl (C=O) groups is 2. The Balaban J connectivity index is 1.74. The number of methoxy groups -OCH3 is 1. The average Bonchev–Trinajstić information content (AvgIpc) is 2.87. The van der Waals surface area contributed by atoms with Crippen LogP contribution in [0.3, 0.4) is 0 Å². The predicted octanol–water partition coefficient (Wildman–Crippen LogP) is 6.54. The van der Waals surface area contributed by atoms with Gasteiger partial charge in [0.2, 0.25) is 0 Å². The molecule has 2 amide bonds. The molecule has 7 nitrogen and oxygen atoms in total. The molecule has 0 aromatic heterocycles. The van der Waals surface area contributed by atoms with E-state index in [1.807, 2.05) is 22.6 Å². The molecule has 196 valence electrons. The summed E-state index contributed by atoms with van der Waals surface area (Å²) >= 11 is 7.78. The third-order valence-corrected chi connectivity index (χ3v) is 5.90. The summed E-state index contributed by atoms with van der Waals surface area (Å²) in [5.41, 5.74) is -0.470. The minimum Gasteiger partial charge on any atom is -0.493 e. The molecule has 0 aliphatic rings. The van der Waals surface area contributed by atoms with Crippen LogP contribution < -0.4 is 20.1 Å². The van der Waals surface area contributed by atoms with Crippen molar-refractivity contribution in [2.75, 3.05) is 24.4 Å². The molecule has 0 heterocycles. The van der Waals surface area contributed by atoms with Gasteiger partial charge in [0.25, 0.3) is 11.8 Å². The zero-order chi connectivity index (χ0) is 27.9. The molecule has 3 aromatic carbocycles. The molecule has 0 radical (unpaired) electrons. The van der Waals surface area contributed by atoms with Crippen LogP contribution in [-0.4, -0.2) is 25.5 Å². The monoisotopic (exact) mass is 655 g/mol. The van der Waals surface area contributed by atoms with Gasteiger partial charge in [-0.2, -0.15) is 18.4 Å². The molecule has 0 spiro atoms. The molecule has 0 saturated heterocycles. The molecule has 0 aliphatic heterocycles. The molecular weight excluding hydrogens is 638 g/mol. The normalized spacial score (nSPS) is 11.3. The Kier molecular flexibility index (Phi) is 9.60. The number of anilines is 2. The van der Waals surface area contributed by atoms with Crippen LogP contribution in [0, 0.1) is 14.9 Å². The smallest absolute Gasteiger partial charge is 0.416 e. The Morgan fingerprint density at radius 1 is 1.08 bits per heavy atom. The van der Waals surface area contributed by atoms with Gasteiger partial charge in [0.05, 0.1) is 16.2 Å². The van der Waals surface area contributed by atoms with Gasteiger partial charge >= 0.3 is 6.18 Å². The maximum Gasteiger partial charge on any atom is 0.416 e. The maximum atomic E-state index is 12.9. The fraction of sp³-hybridized carbons (Fsp3) is 0.115. The van der Waals surface area contributed by atoms with Gasteiger partial charge in [-0.05, 0) is 88.8 Å². The second kappa shape index (κ2) is 12.7. The molecule has 0 bridgehead atoms. The molecule has 0 aliphatic carbocycles. The zero-order valence-corrected chi connectivity index (χ0v) is 22.4. The lowest BCUT2D eigenvalue weighted by atomic mass is 10.1. The van der Waals surface area contributed by atoms with Crippen molar-refractivity contribution in [3.8, 4) is 17.6 Å². The zero-order valence-electron chi connectivity index (χ0n) is 19.5. The van der Waals surface area contributed by atoms with E-state index in [9.17, 15) is 28.0 Å². The van der Waals surface area contributed by atoms with Gasteiger partial charge < -0.3 is 20.1 Å². The summed E-state index contributed by atoms with van der Waals surface area (Å²) in [6.45, 7) is -0.326. The largest absolute Gasteiger partial charge is 0.493 e. The standard InChI is InChI=1S/C26H18ClF3IN3O4/c1-37-22-11-15(9-16(13-32)25(36)34-20-4-2-3-17(12-20)26(28,29)30)10-21(31)24(22)38-14-23(35)33-19-7-5-18(27)6-8-19/h2-12H,14H2,1H3,(H,33,35)(H,34,36)/b16-9+. The molecule has 0 atom stereocenters. The Bertz CT molecular complexity index is 1420. The second-order valence-corrected chi connectivity index (χ2v) is 9.18. The fourth-order valence-corrected chi connectivity index (χ4v) is 4.03. The first-order valence-electron chi connectivity index (χ1n) is 10.7. The summed E-state index contributed by atoms with van der Waals surface area (Å²) in [4.78, 5) is 24.8. The van der Waals surface area contributed by atoms with Crippen LogP contribution in [-0.2, 0) is 15.8 Å². The molecule has 0 unspecified atom stereocenters. The number of amides is 2. The molecule has 3 aromatic rings. The fourth-order valence-electron chi connectivity index (χ4n) is 3.12. The van der Waals surface area contributed by atoms with Crippen LogP contribution in [0.4, 0.5) is 24.5 Å². The van der Waals surface area contributed by atoms with E-state index < -0.39 is 23.6 Å². The van der Waals surface area contributed by atoms with Crippen molar-refractivity contribution in [1.82, 2.24) is 0 Å². The van der Waals surface area contributed by atoms with E-state index >= 15 is 0 Å². The highest BCUT2D eigenvalue weighted by atomic mass is 127. The van der Waals surface area contributed by atoms with E-state index in [1.54, 1.807) is 36.4 Å². The summed E-state index contributed by atoms with van der Waals surface area (Å²) in [5.74, 6) is -0.811. The summed E-state index contributed by atoms with van der Waals surface area (Å²) < 4.78 is 50.3. The minimum atomic E-state index is -4.58. The van der Waals surface area contributed by atoms with E-state index in [1.165, 1.54) is 25.3 Å². The van der Waals surface area contributed by atoms with E-state index in [4.69, 9.17) is 21.1 Å². The number of nitrogens with zero attached hydrogens (tertiary/aromatic N) is 1. The van der Waals surface area contributed by atoms with Gasteiger partial charge in [-0.1, -0.05) is 17.7 Å². The lowest BCUT2D eigenvalue weighted by molar-refractivity contribution is -0.137. The highest BCUT2D eigenvalue weighted by Gasteiger charge is 2.30. The first kappa shape index (κ1) is 28.8. The van der Waals surface area contributed by atoms with E-state index in [0.717, 1.165) is 18.2 Å². The van der Waals surface area contributed by atoms with Crippen LogP contribution in [0.1, 0.15) is 11.1 Å². The number of rotatable bonds is 8. The number of nitrogens with one attached hydrogen (secondary N) is 2. The van der Waals surface area contributed by atoms with Gasteiger partial charge in [0, 0.05) is 16.4 Å². The molecular formula is C26H18ClF3IN3O4. The number of hydrogen-bond acceptors (Lipinski definition) is 5. The Labute approximate surface area is 234 Å². The van der Waals surface area contributed by atoms with Gasteiger partial charge in [-0.15, -0.1) is 0 Å². The summed E-state index contributed by atoms with van der Waals surface area (Å²) in [5, 5.41) is 15.0. The van der Waals surface area contributed by atoms with Crippen LogP contribution in [0.15, 0.2) is 66.2 Å². The third kappa shape index (κ3) is 7.87. The number of ether oxygens (including phenoxy) is 2. The number of carbonyl (C=O) groups excluding carboxylic acids is 2. The highest BCUT2D eigenvalue weighted by Crippen LogP contribution is 2.35. The Morgan fingerprint density at radius 3 is 2.42 bits per heavy atom. The van der Waals surface area contributed by atoms with E-state index in [2.05, 4.69) is 10.6 Å². The Morgan fingerprint density at radius 2 is 1.79 bits per heavy atom. The highest BCUT2D eigenvalue weighted by molar-refractivity contribution is 14.1. The van der Waals surface area contributed by atoms with Gasteiger partial charge in [-0.25, -0.2) is 0 Å². The number of halogens is 5. The van der Waals surface area contributed by atoms with Crippen LogP contribution in [0.2, 0.25) is 5.02 Å². The summed E-state index contributed by atoms with van der Waals surface area (Å²) in [6, 6.07) is 15.4. The van der Waals surface area contributed by atoms with Crippen molar-refractivity contribution in [1.29, 1.82) is 5.26 Å². The van der Waals surface area contributed by atoms with E-state index in [-0.39, 0.29) is 29.4 Å². The van der Waals surface area contributed by atoms with Gasteiger partial charge in [-0.3, -0.25) is 9.59 Å². The topological polar surface area (TPSA) is 100 Å². The summed E-state index contributed by atoms with van der Waals surface area (Å²) in [7, 11) is 1.38. The average molecular weight is 656 g/mol. The molecule has 0 fully saturated rings. The quantitative estimate of drug-likeness (QED) is 0.163. The number of benzene rings is 3. The molecule has 0 saturated carbocycles. The number of nitriles is 1. The maximum absolute atomic E-state index is 12.9. The van der Waals surface area contributed by atoms with Crippen molar-refractivity contribution >= 4 is 63.5 Å². The predicted molar refractivity (Wildman–Crippen MR) is 145 cm³/mol. The third-order valence-electron chi connectivity index (χ3n) is 4.85. The minimum absolute atomic E-state index is 0.112. The lowest BCUT2D eigenvalue weighted by Crippen LogP contribution is -2.20. The number of alkyl halides is 3. The van der Waals surface area contributed by atoms with Crippen molar-refractivity contribution < 1.29 is 32.2 Å². The van der Waals surface area contributed by atoms with Gasteiger partial charge in [0.1, 0.15) is 11.6 Å². The van der Waals surface area contributed by atoms with Crippen LogP contribution in [0.5, 0.6) is 11.5 Å². The van der Waals surface area contributed by atoms with Crippen LogP contribution in [0.25, 0.3) is 6.08 Å². The second-order valence-electron chi connectivity index (χ2n) is 7.58. The molecule has 2 N–H and O–H groups in total. The molecule has 12 heteroatoms. The lowest BCUT2D eigenvalue weighted by Gasteiger charge is -2.14. The number of hydrogen-bond donors (Lipinski definition) is 2. The summed E-state index contributed by atoms with van der Waals surface area (Å²) in [6.07, 6.45) is -3.33. The molecule has 3 rings (SSSR count).